The van der Waals surface area contributed by atoms with Gasteiger partial charge in [-0.2, -0.15) is 0 Å². The number of nitrogens with zero attached hydrogens (tertiary/aromatic N) is 4. The molecule has 156 valence electrons. The Morgan fingerprint density at radius 3 is 2.52 bits per heavy atom. The highest BCUT2D eigenvalue weighted by Gasteiger charge is 2.29. The molecule has 3 amide bonds. The van der Waals surface area contributed by atoms with Crippen molar-refractivity contribution in [1.29, 1.82) is 0 Å². The van der Waals surface area contributed by atoms with Crippen LogP contribution in [0.4, 0.5) is 10.7 Å². The molecule has 1 aliphatic heterocycles. The van der Waals surface area contributed by atoms with Crippen LogP contribution in [0.25, 0.3) is 0 Å². The maximum Gasteiger partial charge on any atom is 0.318 e. The van der Waals surface area contributed by atoms with Crippen LogP contribution >= 0.6 is 11.8 Å². The highest BCUT2D eigenvalue weighted by atomic mass is 32.2. The molecular weight excluding hydrogens is 392 g/mol. The fourth-order valence-electron chi connectivity index (χ4n) is 3.07. The average molecular weight is 419 g/mol. The van der Waals surface area contributed by atoms with Crippen molar-refractivity contribution in [1.82, 2.24) is 20.1 Å². The van der Waals surface area contributed by atoms with E-state index >= 15 is 0 Å². The summed E-state index contributed by atoms with van der Waals surface area (Å²) in [6.45, 7) is 7.14. The van der Waals surface area contributed by atoms with Gasteiger partial charge < -0.3 is 15.4 Å². The van der Waals surface area contributed by atoms with Gasteiger partial charge in [0.1, 0.15) is 0 Å². The third-order valence-corrected chi connectivity index (χ3v) is 6.04. The molecule has 3 N–H and O–H groups in total. The van der Waals surface area contributed by atoms with Crippen LogP contribution in [0.15, 0.2) is 35.5 Å². The maximum absolute atomic E-state index is 12.5. The topological polar surface area (TPSA) is 115 Å². The number of urea groups is 1. The van der Waals surface area contributed by atoms with E-state index in [4.69, 9.17) is 10.5 Å². The molecule has 2 heterocycles. The van der Waals surface area contributed by atoms with E-state index in [1.165, 1.54) is 11.8 Å². The quantitative estimate of drug-likeness (QED) is 0.654. The SMILES string of the molecule is CC(C)C(Sc1nnc(N2CCOCC2)n1Cc1ccccc1)C(=O)NC(N)=O. The number of hydrogen-bond acceptors (Lipinski definition) is 7. The van der Waals surface area contributed by atoms with E-state index < -0.39 is 17.2 Å². The lowest BCUT2D eigenvalue weighted by molar-refractivity contribution is -0.120. The van der Waals surface area contributed by atoms with E-state index in [1.807, 2.05) is 48.7 Å². The van der Waals surface area contributed by atoms with Gasteiger partial charge in [-0.1, -0.05) is 55.9 Å². The fourth-order valence-corrected chi connectivity index (χ4v) is 4.09. The molecule has 2 aromatic rings. The number of primary amides is 1. The zero-order chi connectivity index (χ0) is 20.8. The smallest absolute Gasteiger partial charge is 0.318 e. The summed E-state index contributed by atoms with van der Waals surface area (Å²) in [6, 6.07) is 9.16. The number of aromatic nitrogens is 3. The second-order valence-corrected chi connectivity index (χ2v) is 8.20. The highest BCUT2D eigenvalue weighted by molar-refractivity contribution is 8.00. The van der Waals surface area contributed by atoms with Crippen LogP contribution in [0.2, 0.25) is 0 Å². The number of nitrogens with two attached hydrogens (primary N) is 1. The summed E-state index contributed by atoms with van der Waals surface area (Å²) in [5.41, 5.74) is 6.23. The minimum atomic E-state index is -0.860. The maximum atomic E-state index is 12.5. The normalized spacial score (nSPS) is 15.3. The van der Waals surface area contributed by atoms with Gasteiger partial charge in [0.15, 0.2) is 5.16 Å². The molecule has 0 bridgehead atoms. The largest absolute Gasteiger partial charge is 0.378 e. The van der Waals surface area contributed by atoms with Gasteiger partial charge in [-0.25, -0.2) is 4.79 Å². The summed E-state index contributed by atoms with van der Waals surface area (Å²) >= 11 is 1.29. The number of carbonyl (C=O) groups is 2. The lowest BCUT2D eigenvalue weighted by atomic mass is 10.1. The number of benzene rings is 1. The van der Waals surface area contributed by atoms with Crippen molar-refractivity contribution in [2.24, 2.45) is 11.7 Å². The van der Waals surface area contributed by atoms with Crippen LogP contribution in [-0.4, -0.2) is 58.3 Å². The first kappa shape index (κ1) is 21.1. The first-order valence-electron chi connectivity index (χ1n) is 9.52. The van der Waals surface area contributed by atoms with E-state index in [-0.39, 0.29) is 5.92 Å². The van der Waals surface area contributed by atoms with Crippen LogP contribution in [0.3, 0.4) is 0 Å². The van der Waals surface area contributed by atoms with Crippen molar-refractivity contribution in [3.05, 3.63) is 35.9 Å². The summed E-state index contributed by atoms with van der Waals surface area (Å²) in [6.07, 6.45) is 0. The van der Waals surface area contributed by atoms with Crippen LogP contribution in [0.5, 0.6) is 0 Å². The Hall–Kier alpha value is -2.59. The molecule has 0 aliphatic carbocycles. The number of carbonyl (C=O) groups excluding carboxylic acids is 2. The van der Waals surface area contributed by atoms with Gasteiger partial charge in [0.25, 0.3) is 0 Å². The number of thioether (sulfide) groups is 1. The van der Waals surface area contributed by atoms with Crippen molar-refractivity contribution in [2.45, 2.75) is 30.8 Å². The zero-order valence-corrected chi connectivity index (χ0v) is 17.4. The number of amides is 3. The summed E-state index contributed by atoms with van der Waals surface area (Å²) in [5.74, 6) is 0.283. The number of anilines is 1. The second-order valence-electron chi connectivity index (χ2n) is 7.09. The third-order valence-electron chi connectivity index (χ3n) is 4.52. The summed E-state index contributed by atoms with van der Waals surface area (Å²) in [4.78, 5) is 25.7. The third kappa shape index (κ3) is 5.48. The van der Waals surface area contributed by atoms with E-state index in [0.29, 0.717) is 24.9 Å². The van der Waals surface area contributed by atoms with Crippen LogP contribution in [0.1, 0.15) is 19.4 Å². The molecule has 1 saturated heterocycles. The minimum absolute atomic E-state index is 0.0342. The lowest BCUT2D eigenvalue weighted by Crippen LogP contribution is -2.42. The second kappa shape index (κ2) is 9.75. The van der Waals surface area contributed by atoms with Gasteiger partial charge in [0, 0.05) is 13.1 Å². The lowest BCUT2D eigenvalue weighted by Gasteiger charge is -2.28. The van der Waals surface area contributed by atoms with E-state index in [2.05, 4.69) is 20.4 Å². The van der Waals surface area contributed by atoms with Gasteiger partial charge in [0.2, 0.25) is 11.9 Å². The molecule has 0 spiro atoms. The average Bonchev–Trinajstić information content (AvgIpc) is 3.09. The first-order chi connectivity index (χ1) is 14.0. The Bertz CT molecular complexity index is 836. The molecule has 1 fully saturated rings. The Kier molecular flexibility index (Phi) is 7.10. The first-order valence-corrected chi connectivity index (χ1v) is 10.4. The Morgan fingerprint density at radius 1 is 1.21 bits per heavy atom. The van der Waals surface area contributed by atoms with Gasteiger partial charge in [0.05, 0.1) is 25.0 Å². The van der Waals surface area contributed by atoms with Crippen molar-refractivity contribution < 1.29 is 14.3 Å². The van der Waals surface area contributed by atoms with Gasteiger partial charge >= 0.3 is 6.03 Å². The number of hydrogen-bond donors (Lipinski definition) is 2. The molecule has 1 aromatic heterocycles. The minimum Gasteiger partial charge on any atom is -0.378 e. The predicted octanol–water partition coefficient (Wildman–Crippen LogP) is 1.47. The summed E-state index contributed by atoms with van der Waals surface area (Å²) < 4.78 is 7.46. The fraction of sp³-hybridized carbons (Fsp3) is 0.474. The van der Waals surface area contributed by atoms with Crippen molar-refractivity contribution in [3.63, 3.8) is 0 Å². The predicted molar refractivity (Wildman–Crippen MR) is 111 cm³/mol. The number of ether oxygens (including phenoxy) is 1. The number of rotatable bonds is 7. The van der Waals surface area contributed by atoms with Gasteiger partial charge in [-0.15, -0.1) is 10.2 Å². The van der Waals surface area contributed by atoms with E-state index in [1.54, 1.807) is 0 Å². The monoisotopic (exact) mass is 418 g/mol. The van der Waals surface area contributed by atoms with Crippen molar-refractivity contribution in [3.8, 4) is 0 Å². The summed E-state index contributed by atoms with van der Waals surface area (Å²) in [5, 5.41) is 11.0. The Labute approximate surface area is 174 Å². The molecule has 1 aliphatic rings. The molecule has 0 radical (unpaired) electrons. The van der Waals surface area contributed by atoms with Crippen molar-refractivity contribution >= 4 is 29.6 Å². The van der Waals surface area contributed by atoms with Crippen LogP contribution in [-0.2, 0) is 16.1 Å². The zero-order valence-electron chi connectivity index (χ0n) is 16.6. The molecule has 1 unspecified atom stereocenters. The Morgan fingerprint density at radius 2 is 1.90 bits per heavy atom. The molecule has 9 nitrogen and oxygen atoms in total. The molecule has 1 atom stereocenters. The molecule has 1 aromatic carbocycles. The van der Waals surface area contributed by atoms with E-state index in [9.17, 15) is 9.59 Å². The molecule has 29 heavy (non-hydrogen) atoms. The van der Waals surface area contributed by atoms with Crippen LogP contribution < -0.4 is 16.0 Å². The molecule has 3 rings (SSSR count). The number of morpholine rings is 1. The standard InChI is InChI=1S/C19H26N6O3S/c1-13(2)15(16(26)21-17(20)27)29-19-23-22-18(24-8-10-28-11-9-24)25(19)12-14-6-4-3-5-7-14/h3-7,13,15H,8-12H2,1-2H3,(H3,20,21,26,27). The molecule has 10 heteroatoms. The van der Waals surface area contributed by atoms with Crippen molar-refractivity contribution in [2.75, 3.05) is 31.2 Å². The Balaban J connectivity index is 1.91. The molecular formula is C19H26N6O3S. The number of nitrogens with one attached hydrogen (secondary N) is 1. The van der Waals surface area contributed by atoms with Gasteiger partial charge in [-0.3, -0.25) is 14.7 Å². The molecule has 0 saturated carbocycles. The van der Waals surface area contributed by atoms with E-state index in [0.717, 1.165) is 24.6 Å². The number of imide groups is 1. The van der Waals surface area contributed by atoms with Crippen LogP contribution in [0, 0.1) is 5.92 Å². The summed E-state index contributed by atoms with van der Waals surface area (Å²) in [7, 11) is 0. The highest BCUT2D eigenvalue weighted by Crippen LogP contribution is 2.30. The van der Waals surface area contributed by atoms with Gasteiger partial charge in [-0.05, 0) is 11.5 Å².